The van der Waals surface area contributed by atoms with Gasteiger partial charge in [-0.1, -0.05) is 19.1 Å². The van der Waals surface area contributed by atoms with Crippen LogP contribution >= 0.6 is 0 Å². The summed E-state index contributed by atoms with van der Waals surface area (Å²) in [5.41, 5.74) is 1.86. The van der Waals surface area contributed by atoms with E-state index in [0.29, 0.717) is 31.6 Å². The third-order valence-electron chi connectivity index (χ3n) is 6.03. The molecule has 2 fully saturated rings. The van der Waals surface area contributed by atoms with Gasteiger partial charge in [0.05, 0.1) is 0 Å². The standard InChI is InChI=1S/C20H31N3O3S/c1-16-7-13-23(14-8-16)15-17-3-5-18(6-4-17)22-19(24)20(27(2,25)26)9-11-21-12-10-20/h3-6,16,21H,7-15H2,1-2H3,(H,22,24). The van der Waals surface area contributed by atoms with Crippen molar-refractivity contribution in [3.05, 3.63) is 29.8 Å². The number of hydrogen-bond donors (Lipinski definition) is 2. The highest BCUT2D eigenvalue weighted by Crippen LogP contribution is 2.29. The first kappa shape index (κ1) is 20.3. The molecule has 0 aromatic heterocycles. The Hall–Kier alpha value is -1.44. The lowest BCUT2D eigenvalue weighted by Gasteiger charge is -2.34. The van der Waals surface area contributed by atoms with Crippen molar-refractivity contribution in [2.45, 2.75) is 43.9 Å². The fourth-order valence-electron chi connectivity index (χ4n) is 4.01. The molecule has 0 radical (unpaired) electrons. The van der Waals surface area contributed by atoms with Crippen LogP contribution in [0.3, 0.4) is 0 Å². The zero-order valence-electron chi connectivity index (χ0n) is 16.3. The van der Waals surface area contributed by atoms with Crippen molar-refractivity contribution in [3.8, 4) is 0 Å². The summed E-state index contributed by atoms with van der Waals surface area (Å²) >= 11 is 0. The smallest absolute Gasteiger partial charge is 0.245 e. The summed E-state index contributed by atoms with van der Waals surface area (Å²) in [7, 11) is -3.50. The lowest BCUT2D eigenvalue weighted by molar-refractivity contribution is -0.119. The number of carbonyl (C=O) groups excluding carboxylic acids is 1. The number of carbonyl (C=O) groups is 1. The summed E-state index contributed by atoms with van der Waals surface area (Å²) < 4.78 is 23.4. The molecule has 2 aliphatic rings. The van der Waals surface area contributed by atoms with Crippen LogP contribution in [-0.4, -0.2) is 56.4 Å². The second-order valence-electron chi connectivity index (χ2n) is 8.13. The number of sulfone groups is 1. The highest BCUT2D eigenvalue weighted by molar-refractivity contribution is 7.92. The van der Waals surface area contributed by atoms with Crippen LogP contribution in [-0.2, 0) is 21.2 Å². The molecular formula is C20H31N3O3S. The minimum Gasteiger partial charge on any atom is -0.325 e. The molecule has 27 heavy (non-hydrogen) atoms. The fourth-order valence-corrected chi connectivity index (χ4v) is 5.35. The van der Waals surface area contributed by atoms with E-state index in [1.54, 1.807) is 0 Å². The van der Waals surface area contributed by atoms with E-state index >= 15 is 0 Å². The molecule has 0 saturated carbocycles. The number of piperidine rings is 2. The topological polar surface area (TPSA) is 78.5 Å². The van der Waals surface area contributed by atoms with Gasteiger partial charge < -0.3 is 10.6 Å². The molecule has 7 heteroatoms. The average molecular weight is 394 g/mol. The SMILES string of the molecule is CC1CCN(Cc2ccc(NC(=O)C3(S(C)(=O)=O)CCNCC3)cc2)CC1. The van der Waals surface area contributed by atoms with Gasteiger partial charge in [-0.15, -0.1) is 0 Å². The van der Waals surface area contributed by atoms with E-state index < -0.39 is 20.5 Å². The lowest BCUT2D eigenvalue weighted by atomic mass is 9.95. The van der Waals surface area contributed by atoms with E-state index in [0.717, 1.165) is 25.6 Å². The molecule has 2 saturated heterocycles. The second kappa shape index (κ2) is 8.29. The quantitative estimate of drug-likeness (QED) is 0.800. The predicted octanol–water partition coefficient (Wildman–Crippen LogP) is 2.02. The molecule has 6 nitrogen and oxygen atoms in total. The first-order valence-electron chi connectivity index (χ1n) is 9.83. The molecular weight excluding hydrogens is 362 g/mol. The number of hydrogen-bond acceptors (Lipinski definition) is 5. The van der Waals surface area contributed by atoms with Gasteiger partial charge in [-0.05, 0) is 75.5 Å². The number of amides is 1. The number of benzene rings is 1. The Morgan fingerprint density at radius 1 is 1.19 bits per heavy atom. The Kier molecular flexibility index (Phi) is 6.23. The van der Waals surface area contributed by atoms with E-state index in [-0.39, 0.29) is 0 Å². The molecule has 3 rings (SSSR count). The van der Waals surface area contributed by atoms with E-state index in [9.17, 15) is 13.2 Å². The monoisotopic (exact) mass is 393 g/mol. The third-order valence-corrected chi connectivity index (χ3v) is 8.04. The van der Waals surface area contributed by atoms with Gasteiger partial charge in [0.15, 0.2) is 14.6 Å². The maximum absolute atomic E-state index is 12.8. The minimum absolute atomic E-state index is 0.309. The summed E-state index contributed by atoms with van der Waals surface area (Å²) in [5.74, 6) is 0.403. The van der Waals surface area contributed by atoms with Crippen molar-refractivity contribution < 1.29 is 13.2 Å². The average Bonchev–Trinajstić information content (AvgIpc) is 2.65. The zero-order valence-corrected chi connectivity index (χ0v) is 17.1. The molecule has 1 amide bonds. The van der Waals surface area contributed by atoms with Crippen molar-refractivity contribution in [3.63, 3.8) is 0 Å². The van der Waals surface area contributed by atoms with E-state index in [1.807, 2.05) is 24.3 Å². The molecule has 1 aromatic rings. The number of likely N-dealkylation sites (tertiary alicyclic amines) is 1. The van der Waals surface area contributed by atoms with Gasteiger partial charge in [0.2, 0.25) is 5.91 Å². The van der Waals surface area contributed by atoms with E-state index in [4.69, 9.17) is 0 Å². The summed E-state index contributed by atoms with van der Waals surface area (Å²) in [6.45, 7) is 6.55. The first-order chi connectivity index (χ1) is 12.8. The zero-order chi connectivity index (χ0) is 19.5. The molecule has 1 aromatic carbocycles. The number of nitrogens with one attached hydrogen (secondary N) is 2. The summed E-state index contributed by atoms with van der Waals surface area (Å²) in [6.07, 6.45) is 4.28. The maximum atomic E-state index is 12.8. The molecule has 0 spiro atoms. The van der Waals surface area contributed by atoms with Crippen molar-refractivity contribution in [1.29, 1.82) is 0 Å². The van der Waals surface area contributed by atoms with Crippen LogP contribution in [0, 0.1) is 5.92 Å². The lowest BCUT2D eigenvalue weighted by Crippen LogP contribution is -2.55. The van der Waals surface area contributed by atoms with Gasteiger partial charge in [-0.25, -0.2) is 8.42 Å². The summed E-state index contributed by atoms with van der Waals surface area (Å²) in [6, 6.07) is 7.78. The Balaban J connectivity index is 1.64. The van der Waals surface area contributed by atoms with Crippen LogP contribution in [0.4, 0.5) is 5.69 Å². The minimum atomic E-state index is -3.50. The molecule has 0 atom stereocenters. The van der Waals surface area contributed by atoms with Crippen molar-refractivity contribution in [1.82, 2.24) is 10.2 Å². The Morgan fingerprint density at radius 2 is 1.78 bits per heavy atom. The van der Waals surface area contributed by atoms with Gasteiger partial charge in [0.1, 0.15) is 0 Å². The normalized spacial score (nSPS) is 21.7. The van der Waals surface area contributed by atoms with Crippen LogP contribution < -0.4 is 10.6 Å². The van der Waals surface area contributed by atoms with Crippen molar-refractivity contribution >= 4 is 21.4 Å². The van der Waals surface area contributed by atoms with Gasteiger partial charge in [-0.3, -0.25) is 9.69 Å². The Labute approximate surface area is 162 Å². The highest BCUT2D eigenvalue weighted by Gasteiger charge is 2.48. The second-order valence-corrected chi connectivity index (χ2v) is 10.5. The predicted molar refractivity (Wildman–Crippen MR) is 108 cm³/mol. The fraction of sp³-hybridized carbons (Fsp3) is 0.650. The van der Waals surface area contributed by atoms with Crippen molar-refractivity contribution in [2.24, 2.45) is 5.92 Å². The summed E-state index contributed by atoms with van der Waals surface area (Å²) in [4.78, 5) is 15.3. The van der Waals surface area contributed by atoms with E-state index in [2.05, 4.69) is 22.5 Å². The van der Waals surface area contributed by atoms with Crippen LogP contribution in [0.2, 0.25) is 0 Å². The number of nitrogens with zero attached hydrogens (tertiary/aromatic N) is 1. The van der Waals surface area contributed by atoms with Crippen LogP contribution in [0.25, 0.3) is 0 Å². The largest absolute Gasteiger partial charge is 0.325 e. The molecule has 150 valence electrons. The molecule has 0 aliphatic carbocycles. The maximum Gasteiger partial charge on any atom is 0.245 e. The van der Waals surface area contributed by atoms with Gasteiger partial charge in [0, 0.05) is 18.5 Å². The highest BCUT2D eigenvalue weighted by atomic mass is 32.2. The molecule has 2 heterocycles. The number of anilines is 1. The third kappa shape index (κ3) is 4.70. The van der Waals surface area contributed by atoms with Gasteiger partial charge in [-0.2, -0.15) is 0 Å². The van der Waals surface area contributed by atoms with Crippen LogP contribution in [0.15, 0.2) is 24.3 Å². The number of rotatable bonds is 5. The molecule has 0 unspecified atom stereocenters. The van der Waals surface area contributed by atoms with Gasteiger partial charge >= 0.3 is 0 Å². The molecule has 2 N–H and O–H groups in total. The molecule has 2 aliphatic heterocycles. The first-order valence-corrected chi connectivity index (χ1v) is 11.7. The Morgan fingerprint density at radius 3 is 2.33 bits per heavy atom. The molecule has 0 bridgehead atoms. The van der Waals surface area contributed by atoms with Crippen molar-refractivity contribution in [2.75, 3.05) is 37.8 Å². The van der Waals surface area contributed by atoms with Gasteiger partial charge in [0.25, 0.3) is 0 Å². The summed E-state index contributed by atoms with van der Waals surface area (Å²) in [5, 5.41) is 5.97. The van der Waals surface area contributed by atoms with Crippen LogP contribution in [0.1, 0.15) is 38.2 Å². The Bertz CT molecular complexity index is 747. The van der Waals surface area contributed by atoms with Crippen LogP contribution in [0.5, 0.6) is 0 Å². The van der Waals surface area contributed by atoms with E-state index in [1.165, 1.54) is 24.7 Å².